The molecule has 82 valence electrons. The summed E-state index contributed by atoms with van der Waals surface area (Å²) >= 11 is 1.28. The number of anilines is 2. The quantitative estimate of drug-likeness (QED) is 0.663. The summed E-state index contributed by atoms with van der Waals surface area (Å²) in [6, 6.07) is 1.74. The van der Waals surface area contributed by atoms with E-state index in [1.165, 1.54) is 11.3 Å². The third kappa shape index (κ3) is 1.91. The molecule has 0 spiro atoms. The zero-order valence-corrected chi connectivity index (χ0v) is 8.96. The van der Waals surface area contributed by atoms with Gasteiger partial charge in [0.1, 0.15) is 4.88 Å². The van der Waals surface area contributed by atoms with E-state index in [4.69, 9.17) is 11.5 Å². The van der Waals surface area contributed by atoms with Crippen LogP contribution in [0.1, 0.15) is 16.1 Å². The number of carbonyl (C=O) groups excluding carboxylic acids is 1. The molecular formula is C9H13N3O2S. The number of thiophene rings is 1. The number of nitrogens with zero attached hydrogens (tertiary/aromatic N) is 1. The van der Waals surface area contributed by atoms with Gasteiger partial charge in [-0.2, -0.15) is 0 Å². The van der Waals surface area contributed by atoms with Gasteiger partial charge < -0.3 is 21.5 Å². The maximum Gasteiger partial charge on any atom is 0.260 e. The average Bonchev–Trinajstić information content (AvgIpc) is 2.71. The summed E-state index contributed by atoms with van der Waals surface area (Å²) < 4.78 is 0. The summed E-state index contributed by atoms with van der Waals surface area (Å²) in [5.41, 5.74) is 11.3. The lowest BCUT2D eigenvalue weighted by atomic mass is 10.3. The fourth-order valence-electron chi connectivity index (χ4n) is 1.68. The van der Waals surface area contributed by atoms with Gasteiger partial charge in [0.05, 0.1) is 16.8 Å². The number of amides is 1. The Balaban J connectivity index is 2.23. The summed E-state index contributed by atoms with van der Waals surface area (Å²) in [6.45, 7) is 1.39. The molecule has 1 saturated heterocycles. The molecule has 2 heterocycles. The van der Waals surface area contributed by atoms with Crippen LogP contribution in [0.15, 0.2) is 6.07 Å². The molecule has 0 aromatic carbocycles. The van der Waals surface area contributed by atoms with Crippen LogP contribution < -0.4 is 16.4 Å². The standard InChI is InChI=1S/C9H13N3O2S/c10-6-3-7(15-8(6)9(11)14)12-2-1-5(13)4-12/h3,5,13H,1-2,4,10H2,(H2,11,14). The second kappa shape index (κ2) is 3.71. The third-order valence-electron chi connectivity index (χ3n) is 2.45. The first-order chi connectivity index (χ1) is 7.08. The van der Waals surface area contributed by atoms with Crippen LogP contribution in [0.3, 0.4) is 0 Å². The normalized spacial score (nSPS) is 20.9. The van der Waals surface area contributed by atoms with Crippen molar-refractivity contribution in [3.8, 4) is 0 Å². The van der Waals surface area contributed by atoms with Gasteiger partial charge >= 0.3 is 0 Å². The zero-order valence-electron chi connectivity index (χ0n) is 8.14. The fourth-order valence-corrected chi connectivity index (χ4v) is 2.65. The Hall–Kier alpha value is -1.27. The van der Waals surface area contributed by atoms with Crippen molar-refractivity contribution in [1.82, 2.24) is 0 Å². The number of hydrogen-bond donors (Lipinski definition) is 3. The number of nitrogen functional groups attached to an aromatic ring is 1. The molecule has 1 aliphatic heterocycles. The number of carbonyl (C=O) groups is 1. The fraction of sp³-hybridized carbons (Fsp3) is 0.444. The van der Waals surface area contributed by atoms with E-state index in [9.17, 15) is 9.90 Å². The van der Waals surface area contributed by atoms with Gasteiger partial charge in [-0.1, -0.05) is 0 Å². The van der Waals surface area contributed by atoms with E-state index >= 15 is 0 Å². The van der Waals surface area contributed by atoms with Gasteiger partial charge in [-0.05, 0) is 12.5 Å². The maximum absolute atomic E-state index is 11.0. The van der Waals surface area contributed by atoms with Crippen molar-refractivity contribution in [3.05, 3.63) is 10.9 Å². The molecule has 1 fully saturated rings. The summed E-state index contributed by atoms with van der Waals surface area (Å²) in [6.07, 6.45) is 0.467. The summed E-state index contributed by atoms with van der Waals surface area (Å²) in [5.74, 6) is -0.497. The molecular weight excluding hydrogens is 214 g/mol. The molecule has 1 unspecified atom stereocenters. The number of nitrogens with two attached hydrogens (primary N) is 2. The molecule has 1 aromatic heterocycles. The highest BCUT2D eigenvalue weighted by molar-refractivity contribution is 7.18. The second-order valence-electron chi connectivity index (χ2n) is 3.62. The van der Waals surface area contributed by atoms with Crippen LogP contribution in [0.2, 0.25) is 0 Å². The largest absolute Gasteiger partial charge is 0.397 e. The Bertz CT molecular complexity index is 391. The number of hydrogen-bond acceptors (Lipinski definition) is 5. The molecule has 0 aliphatic carbocycles. The van der Waals surface area contributed by atoms with Crippen LogP contribution in [-0.4, -0.2) is 30.2 Å². The lowest BCUT2D eigenvalue weighted by Crippen LogP contribution is -2.19. The van der Waals surface area contributed by atoms with Crippen LogP contribution in [0.5, 0.6) is 0 Å². The molecule has 15 heavy (non-hydrogen) atoms. The molecule has 2 rings (SSSR count). The van der Waals surface area contributed by atoms with Gasteiger partial charge in [0.15, 0.2) is 0 Å². The van der Waals surface area contributed by atoms with Gasteiger partial charge in [0.25, 0.3) is 5.91 Å². The Morgan fingerprint density at radius 1 is 1.67 bits per heavy atom. The molecule has 1 aromatic rings. The molecule has 1 atom stereocenters. The maximum atomic E-state index is 11.0. The lowest BCUT2D eigenvalue weighted by Gasteiger charge is -2.14. The van der Waals surface area contributed by atoms with Crippen molar-refractivity contribution in [2.24, 2.45) is 5.73 Å². The highest BCUT2D eigenvalue weighted by Crippen LogP contribution is 2.33. The molecule has 1 aliphatic rings. The number of rotatable bonds is 2. The van der Waals surface area contributed by atoms with E-state index in [1.807, 2.05) is 4.90 Å². The second-order valence-corrected chi connectivity index (χ2v) is 4.65. The minimum absolute atomic E-state index is 0.287. The van der Waals surface area contributed by atoms with Gasteiger partial charge in [0.2, 0.25) is 0 Å². The molecule has 1 amide bonds. The van der Waals surface area contributed by atoms with Gasteiger partial charge in [-0.15, -0.1) is 11.3 Å². The van der Waals surface area contributed by atoms with Crippen LogP contribution in [-0.2, 0) is 0 Å². The number of aliphatic hydroxyl groups excluding tert-OH is 1. The van der Waals surface area contributed by atoms with E-state index < -0.39 is 5.91 Å². The highest BCUT2D eigenvalue weighted by Gasteiger charge is 2.23. The summed E-state index contributed by atoms with van der Waals surface area (Å²) in [7, 11) is 0. The van der Waals surface area contributed by atoms with Gasteiger partial charge in [0, 0.05) is 13.1 Å². The molecule has 0 saturated carbocycles. The number of primary amides is 1. The van der Waals surface area contributed by atoms with E-state index in [-0.39, 0.29) is 6.10 Å². The number of aliphatic hydroxyl groups is 1. The minimum atomic E-state index is -0.497. The smallest absolute Gasteiger partial charge is 0.260 e. The molecule has 0 bridgehead atoms. The first-order valence-corrected chi connectivity index (χ1v) is 5.51. The van der Waals surface area contributed by atoms with Crippen molar-refractivity contribution in [3.63, 3.8) is 0 Å². The van der Waals surface area contributed by atoms with Crippen LogP contribution in [0, 0.1) is 0 Å². The van der Waals surface area contributed by atoms with Crippen molar-refractivity contribution >= 4 is 27.9 Å². The van der Waals surface area contributed by atoms with Crippen LogP contribution in [0.4, 0.5) is 10.7 Å². The van der Waals surface area contributed by atoms with Crippen molar-refractivity contribution in [1.29, 1.82) is 0 Å². The molecule has 6 heteroatoms. The van der Waals surface area contributed by atoms with Crippen LogP contribution >= 0.6 is 11.3 Å². The predicted octanol–water partition coefficient (Wildman–Crippen LogP) is 0.000200. The predicted molar refractivity (Wildman–Crippen MR) is 60.1 cm³/mol. The lowest BCUT2D eigenvalue weighted by molar-refractivity contribution is 0.100. The zero-order chi connectivity index (χ0) is 11.0. The Morgan fingerprint density at radius 2 is 2.40 bits per heavy atom. The Kier molecular flexibility index (Phi) is 2.54. The molecule has 5 nitrogen and oxygen atoms in total. The Labute approximate surface area is 91.3 Å². The summed E-state index contributed by atoms with van der Waals surface area (Å²) in [4.78, 5) is 13.4. The van der Waals surface area contributed by atoms with Crippen molar-refractivity contribution in [2.75, 3.05) is 23.7 Å². The first-order valence-electron chi connectivity index (χ1n) is 4.70. The van der Waals surface area contributed by atoms with Gasteiger partial charge in [-0.25, -0.2) is 0 Å². The molecule has 5 N–H and O–H groups in total. The van der Waals surface area contributed by atoms with Crippen LogP contribution in [0.25, 0.3) is 0 Å². The van der Waals surface area contributed by atoms with E-state index in [0.717, 1.165) is 18.0 Å². The topological polar surface area (TPSA) is 92.6 Å². The first kappa shape index (κ1) is 10.3. The molecule has 0 radical (unpaired) electrons. The SMILES string of the molecule is NC(=O)c1sc(N2CCC(O)C2)cc1N. The van der Waals surface area contributed by atoms with E-state index in [0.29, 0.717) is 17.1 Å². The third-order valence-corrected chi connectivity index (χ3v) is 3.67. The summed E-state index contributed by atoms with van der Waals surface area (Å²) in [5, 5.41) is 10.3. The Morgan fingerprint density at radius 3 is 2.87 bits per heavy atom. The van der Waals surface area contributed by atoms with E-state index in [2.05, 4.69) is 0 Å². The number of β-amino-alcohol motifs (C(OH)–C–C–N with tert-alkyl or cyclic N) is 1. The van der Waals surface area contributed by atoms with Gasteiger partial charge in [-0.3, -0.25) is 4.79 Å². The average molecular weight is 227 g/mol. The monoisotopic (exact) mass is 227 g/mol. The highest BCUT2D eigenvalue weighted by atomic mass is 32.1. The van der Waals surface area contributed by atoms with Crippen molar-refractivity contribution < 1.29 is 9.90 Å². The van der Waals surface area contributed by atoms with E-state index in [1.54, 1.807) is 6.07 Å². The van der Waals surface area contributed by atoms with Crippen molar-refractivity contribution in [2.45, 2.75) is 12.5 Å². The minimum Gasteiger partial charge on any atom is -0.397 e.